The van der Waals surface area contributed by atoms with E-state index in [1.165, 1.54) is 19.3 Å². The van der Waals surface area contributed by atoms with E-state index in [0.717, 1.165) is 19.3 Å². The van der Waals surface area contributed by atoms with E-state index in [2.05, 4.69) is 9.93 Å². The van der Waals surface area contributed by atoms with Crippen molar-refractivity contribution in [2.45, 2.75) is 44.1 Å². The molecule has 0 amide bonds. The quantitative estimate of drug-likeness (QED) is 0.504. The second kappa shape index (κ2) is 3.09. The predicted octanol–water partition coefficient (Wildman–Crippen LogP) is 1.97. The zero-order valence-corrected chi connectivity index (χ0v) is 6.67. The smallest absolute Gasteiger partial charge is 0.109 e. The fourth-order valence-corrected chi connectivity index (χ4v) is 1.93. The maximum Gasteiger partial charge on any atom is 0.109 e. The highest BCUT2D eigenvalue weighted by atomic mass is 17.5. The Morgan fingerprint density at radius 2 is 1.73 bits per heavy atom. The summed E-state index contributed by atoms with van der Waals surface area (Å²) in [7, 11) is 0. The number of hydrogen-bond acceptors (Lipinski definition) is 3. The molecule has 0 aromatic carbocycles. The molecule has 1 heterocycles. The third kappa shape index (κ3) is 1.55. The van der Waals surface area contributed by atoms with Gasteiger partial charge in [0.15, 0.2) is 0 Å². The Balaban J connectivity index is 1.94. The molecular formula is C8H14O3. The van der Waals surface area contributed by atoms with Crippen LogP contribution in [-0.2, 0) is 14.8 Å². The van der Waals surface area contributed by atoms with Gasteiger partial charge in [0.1, 0.15) is 5.60 Å². The molecule has 2 fully saturated rings. The largest absolute Gasteiger partial charge is 0.206 e. The van der Waals surface area contributed by atoms with E-state index in [1.807, 2.05) is 0 Å². The highest BCUT2D eigenvalue weighted by Crippen LogP contribution is 2.36. The Bertz CT molecular complexity index is 104. The molecule has 0 N–H and O–H groups in total. The highest BCUT2D eigenvalue weighted by Gasteiger charge is 2.37. The van der Waals surface area contributed by atoms with Crippen LogP contribution in [0.4, 0.5) is 0 Å². The summed E-state index contributed by atoms with van der Waals surface area (Å²) in [5.41, 5.74) is 0.0104. The van der Waals surface area contributed by atoms with Gasteiger partial charge in [-0.1, -0.05) is 24.3 Å². The first kappa shape index (κ1) is 7.53. The van der Waals surface area contributed by atoms with Crippen molar-refractivity contribution in [3.63, 3.8) is 0 Å². The van der Waals surface area contributed by atoms with Crippen LogP contribution in [0.1, 0.15) is 38.5 Å². The van der Waals surface area contributed by atoms with Crippen molar-refractivity contribution in [1.29, 1.82) is 0 Å². The molecule has 3 heteroatoms. The molecule has 0 aromatic heterocycles. The van der Waals surface area contributed by atoms with Crippen molar-refractivity contribution < 1.29 is 14.8 Å². The van der Waals surface area contributed by atoms with Crippen molar-refractivity contribution in [2.75, 3.05) is 6.61 Å². The summed E-state index contributed by atoms with van der Waals surface area (Å²) in [4.78, 5) is 9.86. The summed E-state index contributed by atoms with van der Waals surface area (Å²) >= 11 is 0. The van der Waals surface area contributed by atoms with Crippen molar-refractivity contribution in [1.82, 2.24) is 0 Å². The average molecular weight is 158 g/mol. The van der Waals surface area contributed by atoms with Gasteiger partial charge in [-0.2, -0.15) is 4.89 Å². The van der Waals surface area contributed by atoms with Crippen molar-refractivity contribution in [3.05, 3.63) is 0 Å². The maximum atomic E-state index is 5.18. The van der Waals surface area contributed by atoms with Gasteiger partial charge in [0.2, 0.25) is 0 Å². The number of hydrogen-bond donors (Lipinski definition) is 0. The summed E-state index contributed by atoms with van der Waals surface area (Å²) < 4.78 is 0. The van der Waals surface area contributed by atoms with Crippen LogP contribution in [0.3, 0.4) is 0 Å². The van der Waals surface area contributed by atoms with E-state index in [9.17, 15) is 0 Å². The molecule has 1 saturated heterocycles. The lowest BCUT2D eigenvalue weighted by atomic mass is 9.83. The first-order valence-electron chi connectivity index (χ1n) is 4.39. The summed E-state index contributed by atoms with van der Waals surface area (Å²) in [6, 6.07) is 0. The van der Waals surface area contributed by atoms with E-state index in [-0.39, 0.29) is 5.60 Å². The third-order valence-corrected chi connectivity index (χ3v) is 2.66. The lowest BCUT2D eigenvalue weighted by Gasteiger charge is -2.37. The second-order valence-electron chi connectivity index (χ2n) is 3.47. The molecule has 3 nitrogen and oxygen atoms in total. The molecule has 0 unspecified atom stereocenters. The number of rotatable bonds is 0. The summed E-state index contributed by atoms with van der Waals surface area (Å²) in [6.45, 7) is 0.681. The van der Waals surface area contributed by atoms with E-state index >= 15 is 0 Å². The standard InChI is InChI=1S/C8H14O3/c1-2-4-8(5-3-1)6-7-9-11-10-8/h1-7H2. The van der Waals surface area contributed by atoms with Gasteiger partial charge in [-0.15, -0.1) is 0 Å². The van der Waals surface area contributed by atoms with Crippen molar-refractivity contribution >= 4 is 0 Å². The molecule has 0 atom stereocenters. The topological polar surface area (TPSA) is 27.7 Å². The van der Waals surface area contributed by atoms with Crippen LogP contribution in [0.25, 0.3) is 0 Å². The monoisotopic (exact) mass is 158 g/mol. The molecule has 64 valence electrons. The first-order chi connectivity index (χ1) is 5.41. The molecule has 2 rings (SSSR count). The van der Waals surface area contributed by atoms with Crippen LogP contribution < -0.4 is 0 Å². The third-order valence-electron chi connectivity index (χ3n) is 2.66. The Morgan fingerprint density at radius 3 is 2.36 bits per heavy atom. The van der Waals surface area contributed by atoms with Gasteiger partial charge in [-0.25, -0.2) is 4.89 Å². The molecule has 0 radical (unpaired) electrons. The molecule has 11 heavy (non-hydrogen) atoms. The summed E-state index contributed by atoms with van der Waals surface area (Å²) in [5.74, 6) is 0. The van der Waals surface area contributed by atoms with Crippen LogP contribution in [0.2, 0.25) is 0 Å². The van der Waals surface area contributed by atoms with Gasteiger partial charge in [-0.3, -0.25) is 0 Å². The molecule has 1 aliphatic heterocycles. The highest BCUT2D eigenvalue weighted by molar-refractivity contribution is 4.83. The summed E-state index contributed by atoms with van der Waals surface area (Å²) in [6.07, 6.45) is 7.14. The molecule has 2 aliphatic rings. The minimum Gasteiger partial charge on any atom is -0.206 e. The first-order valence-corrected chi connectivity index (χ1v) is 4.39. The van der Waals surface area contributed by atoms with E-state index in [0.29, 0.717) is 6.61 Å². The van der Waals surface area contributed by atoms with Gasteiger partial charge in [0, 0.05) is 6.42 Å². The molecule has 1 spiro atoms. The molecule has 1 saturated carbocycles. The fourth-order valence-electron chi connectivity index (χ4n) is 1.93. The van der Waals surface area contributed by atoms with Crippen LogP contribution in [0, 0.1) is 0 Å². The van der Waals surface area contributed by atoms with Crippen LogP contribution >= 0.6 is 0 Å². The van der Waals surface area contributed by atoms with Gasteiger partial charge >= 0.3 is 0 Å². The van der Waals surface area contributed by atoms with Gasteiger partial charge in [0.05, 0.1) is 6.61 Å². The molecular weight excluding hydrogens is 144 g/mol. The predicted molar refractivity (Wildman–Crippen MR) is 38.6 cm³/mol. The Hall–Kier alpha value is -0.120. The lowest BCUT2D eigenvalue weighted by molar-refractivity contribution is -0.571. The summed E-state index contributed by atoms with van der Waals surface area (Å²) in [5, 5.41) is 4.56. The van der Waals surface area contributed by atoms with Gasteiger partial charge in [0.25, 0.3) is 0 Å². The van der Waals surface area contributed by atoms with E-state index in [1.54, 1.807) is 0 Å². The Morgan fingerprint density at radius 1 is 0.909 bits per heavy atom. The zero-order chi connectivity index (χ0) is 7.57. The van der Waals surface area contributed by atoms with Crippen molar-refractivity contribution in [3.8, 4) is 0 Å². The lowest BCUT2D eigenvalue weighted by Crippen LogP contribution is -2.39. The van der Waals surface area contributed by atoms with Crippen LogP contribution in [-0.4, -0.2) is 12.2 Å². The van der Waals surface area contributed by atoms with E-state index < -0.39 is 0 Å². The second-order valence-corrected chi connectivity index (χ2v) is 3.47. The van der Waals surface area contributed by atoms with Gasteiger partial charge in [-0.05, 0) is 12.8 Å². The Kier molecular flexibility index (Phi) is 2.11. The van der Waals surface area contributed by atoms with Gasteiger partial charge < -0.3 is 0 Å². The maximum absolute atomic E-state index is 5.18. The molecule has 1 aliphatic carbocycles. The zero-order valence-electron chi connectivity index (χ0n) is 6.67. The minimum absolute atomic E-state index is 0.0104. The van der Waals surface area contributed by atoms with Crippen LogP contribution in [0.5, 0.6) is 0 Å². The Labute approximate surface area is 66.5 Å². The van der Waals surface area contributed by atoms with E-state index in [4.69, 9.17) is 4.89 Å². The average Bonchev–Trinajstić information content (AvgIpc) is 2.07. The van der Waals surface area contributed by atoms with Crippen molar-refractivity contribution in [2.24, 2.45) is 0 Å². The normalized spacial score (nSPS) is 30.5. The minimum atomic E-state index is 0.0104. The SMILES string of the molecule is C1CCC2(CC1)CCOOO2. The van der Waals surface area contributed by atoms with Crippen LogP contribution in [0.15, 0.2) is 0 Å². The molecule has 0 aromatic rings. The molecule has 0 bridgehead atoms. The fraction of sp³-hybridized carbons (Fsp3) is 1.00.